The van der Waals surface area contributed by atoms with Crippen LogP contribution in [0.25, 0.3) is 0 Å². The fourth-order valence-electron chi connectivity index (χ4n) is 2.03. The van der Waals surface area contributed by atoms with Crippen LogP contribution in [-0.4, -0.2) is 35.9 Å². The maximum atomic E-state index is 6.17. The van der Waals surface area contributed by atoms with Gasteiger partial charge in [0.05, 0.1) is 11.1 Å². The number of nitrogens with one attached hydrogen (secondary N) is 2. The molecule has 0 spiro atoms. The molecule has 0 radical (unpaired) electrons. The molecule has 2 heterocycles. The van der Waals surface area contributed by atoms with Gasteiger partial charge in [-0.05, 0) is 37.9 Å². The minimum Gasteiger partial charge on any atom is -0.361 e. The van der Waals surface area contributed by atoms with Gasteiger partial charge in [0.25, 0.3) is 0 Å². The first kappa shape index (κ1) is 16.5. The molecule has 116 valence electrons. The van der Waals surface area contributed by atoms with Gasteiger partial charge in [0.1, 0.15) is 0 Å². The highest BCUT2D eigenvalue weighted by atomic mass is 35.5. The summed E-state index contributed by atoms with van der Waals surface area (Å²) in [6.45, 7) is 5.03. The van der Waals surface area contributed by atoms with Crippen LogP contribution in [0.5, 0.6) is 0 Å². The van der Waals surface area contributed by atoms with Crippen molar-refractivity contribution in [2.24, 2.45) is 5.10 Å². The Morgan fingerprint density at radius 2 is 2.24 bits per heavy atom. The standard InChI is InChI=1S/C13H20ClN5S2/c1-2-6-15-12(20)18-16-9-10-11(14)17-13(21-10)19-7-4-3-5-8-19/h9H,2-8H2,1H3,(H2,15,18,20)/b16-9-. The van der Waals surface area contributed by atoms with Crippen molar-refractivity contribution in [3.05, 3.63) is 10.0 Å². The second-order valence-corrected chi connectivity index (χ2v) is 6.60. The van der Waals surface area contributed by atoms with Gasteiger partial charge in [0.15, 0.2) is 15.4 Å². The van der Waals surface area contributed by atoms with Crippen molar-refractivity contribution >= 4 is 51.6 Å². The van der Waals surface area contributed by atoms with Crippen LogP contribution in [0.4, 0.5) is 5.13 Å². The topological polar surface area (TPSA) is 52.6 Å². The Kier molecular flexibility index (Phi) is 6.66. The lowest BCUT2D eigenvalue weighted by Crippen LogP contribution is -2.32. The molecular formula is C13H20ClN5S2. The first-order valence-corrected chi connectivity index (χ1v) is 8.79. The highest BCUT2D eigenvalue weighted by Crippen LogP contribution is 2.30. The van der Waals surface area contributed by atoms with E-state index < -0.39 is 0 Å². The molecule has 1 aliphatic heterocycles. The zero-order valence-corrected chi connectivity index (χ0v) is 14.5. The summed E-state index contributed by atoms with van der Waals surface area (Å²) in [6, 6.07) is 0. The quantitative estimate of drug-likeness (QED) is 0.488. The molecule has 21 heavy (non-hydrogen) atoms. The van der Waals surface area contributed by atoms with E-state index in [4.69, 9.17) is 23.8 Å². The second-order valence-electron chi connectivity index (χ2n) is 4.83. The summed E-state index contributed by atoms with van der Waals surface area (Å²) in [5, 5.41) is 9.14. The Hall–Kier alpha value is -0.920. The number of hydrogen-bond acceptors (Lipinski definition) is 5. The number of thiocarbonyl (C=S) groups is 1. The number of hydrazone groups is 1. The fourth-order valence-corrected chi connectivity index (χ4v) is 3.36. The molecule has 1 aliphatic rings. The van der Waals surface area contributed by atoms with Gasteiger partial charge in [0, 0.05) is 19.6 Å². The largest absolute Gasteiger partial charge is 0.361 e. The number of thiazole rings is 1. The average molecular weight is 346 g/mol. The van der Waals surface area contributed by atoms with Gasteiger partial charge < -0.3 is 10.2 Å². The summed E-state index contributed by atoms with van der Waals surface area (Å²) < 4.78 is 0. The zero-order valence-electron chi connectivity index (χ0n) is 12.1. The van der Waals surface area contributed by atoms with E-state index >= 15 is 0 Å². The van der Waals surface area contributed by atoms with E-state index in [1.54, 1.807) is 17.6 Å². The average Bonchev–Trinajstić information content (AvgIpc) is 2.87. The van der Waals surface area contributed by atoms with Gasteiger partial charge in [-0.2, -0.15) is 5.10 Å². The van der Waals surface area contributed by atoms with E-state index in [0.29, 0.717) is 10.3 Å². The van der Waals surface area contributed by atoms with Gasteiger partial charge in [-0.25, -0.2) is 4.98 Å². The van der Waals surface area contributed by atoms with Crippen LogP contribution < -0.4 is 15.6 Å². The number of anilines is 1. The van der Waals surface area contributed by atoms with E-state index in [1.165, 1.54) is 19.3 Å². The summed E-state index contributed by atoms with van der Waals surface area (Å²) in [7, 11) is 0. The smallest absolute Gasteiger partial charge is 0.187 e. The van der Waals surface area contributed by atoms with Crippen LogP contribution in [-0.2, 0) is 0 Å². The molecule has 2 rings (SSSR count). The summed E-state index contributed by atoms with van der Waals surface area (Å²) in [5.41, 5.74) is 2.78. The lowest BCUT2D eigenvalue weighted by Gasteiger charge is -2.25. The van der Waals surface area contributed by atoms with Crippen molar-refractivity contribution in [1.82, 2.24) is 15.7 Å². The molecule has 0 unspecified atom stereocenters. The number of piperidine rings is 1. The van der Waals surface area contributed by atoms with Crippen LogP contribution in [0.3, 0.4) is 0 Å². The highest BCUT2D eigenvalue weighted by molar-refractivity contribution is 7.80. The van der Waals surface area contributed by atoms with Crippen molar-refractivity contribution in [2.45, 2.75) is 32.6 Å². The maximum Gasteiger partial charge on any atom is 0.187 e. The highest BCUT2D eigenvalue weighted by Gasteiger charge is 2.16. The Morgan fingerprint density at radius 1 is 1.48 bits per heavy atom. The first-order valence-electron chi connectivity index (χ1n) is 7.19. The lowest BCUT2D eigenvalue weighted by atomic mass is 10.1. The Balaban J connectivity index is 1.91. The second kappa shape index (κ2) is 8.51. The van der Waals surface area contributed by atoms with Crippen molar-refractivity contribution in [3.8, 4) is 0 Å². The predicted molar refractivity (Wildman–Crippen MR) is 94.8 cm³/mol. The third-order valence-electron chi connectivity index (χ3n) is 3.11. The minimum atomic E-state index is 0.499. The van der Waals surface area contributed by atoms with Crippen molar-refractivity contribution in [2.75, 3.05) is 24.5 Å². The lowest BCUT2D eigenvalue weighted by molar-refractivity contribution is 0.577. The SMILES string of the molecule is CCCNC(=S)N/N=C\c1sc(N2CCCCC2)nc1Cl. The summed E-state index contributed by atoms with van der Waals surface area (Å²) in [6.07, 6.45) is 6.44. The van der Waals surface area contributed by atoms with Crippen molar-refractivity contribution < 1.29 is 0 Å². The molecule has 0 saturated carbocycles. The first-order chi connectivity index (χ1) is 10.2. The molecule has 1 aromatic heterocycles. The molecule has 8 heteroatoms. The molecule has 0 aromatic carbocycles. The number of nitrogens with zero attached hydrogens (tertiary/aromatic N) is 3. The minimum absolute atomic E-state index is 0.499. The Morgan fingerprint density at radius 3 is 2.95 bits per heavy atom. The maximum absolute atomic E-state index is 6.17. The van der Waals surface area contributed by atoms with Gasteiger partial charge in [-0.1, -0.05) is 29.9 Å². The van der Waals surface area contributed by atoms with Gasteiger partial charge >= 0.3 is 0 Å². The monoisotopic (exact) mass is 345 g/mol. The normalized spacial score (nSPS) is 15.4. The summed E-state index contributed by atoms with van der Waals surface area (Å²) in [4.78, 5) is 7.56. The van der Waals surface area contributed by atoms with E-state index in [1.807, 2.05) is 0 Å². The molecule has 0 amide bonds. The molecule has 1 saturated heterocycles. The van der Waals surface area contributed by atoms with Crippen LogP contribution >= 0.6 is 35.2 Å². The molecule has 0 bridgehead atoms. The number of halogens is 1. The van der Waals surface area contributed by atoms with Gasteiger partial charge in [-0.15, -0.1) is 0 Å². The molecule has 2 N–H and O–H groups in total. The molecule has 1 aromatic rings. The number of rotatable bonds is 5. The molecular weight excluding hydrogens is 326 g/mol. The van der Waals surface area contributed by atoms with Crippen LogP contribution in [0.2, 0.25) is 5.15 Å². The van der Waals surface area contributed by atoms with E-state index in [2.05, 4.69) is 32.7 Å². The van der Waals surface area contributed by atoms with E-state index in [9.17, 15) is 0 Å². The third kappa shape index (κ3) is 5.09. The summed E-state index contributed by atoms with van der Waals surface area (Å²) in [5.74, 6) is 0. The van der Waals surface area contributed by atoms with Crippen molar-refractivity contribution in [3.63, 3.8) is 0 Å². The molecule has 0 aliphatic carbocycles. The molecule has 1 fully saturated rings. The van der Waals surface area contributed by atoms with Crippen LogP contribution in [0, 0.1) is 0 Å². The van der Waals surface area contributed by atoms with E-state index in [0.717, 1.165) is 36.1 Å². The molecule has 0 atom stereocenters. The zero-order chi connectivity index (χ0) is 15.1. The Bertz CT molecular complexity index is 497. The van der Waals surface area contributed by atoms with Gasteiger partial charge in [0.2, 0.25) is 0 Å². The Labute approximate surface area is 139 Å². The summed E-state index contributed by atoms with van der Waals surface area (Å²) >= 11 is 12.8. The van der Waals surface area contributed by atoms with E-state index in [-0.39, 0.29) is 0 Å². The van der Waals surface area contributed by atoms with Crippen molar-refractivity contribution in [1.29, 1.82) is 0 Å². The number of aromatic nitrogens is 1. The van der Waals surface area contributed by atoms with Gasteiger partial charge in [-0.3, -0.25) is 5.43 Å². The predicted octanol–water partition coefficient (Wildman–Crippen LogP) is 2.99. The number of hydrogen-bond donors (Lipinski definition) is 2. The van der Waals surface area contributed by atoms with Crippen LogP contribution in [0.15, 0.2) is 5.10 Å². The molecule has 5 nitrogen and oxygen atoms in total. The van der Waals surface area contributed by atoms with Crippen LogP contribution in [0.1, 0.15) is 37.5 Å². The fraction of sp³-hybridized carbons (Fsp3) is 0.615. The third-order valence-corrected chi connectivity index (χ3v) is 4.79.